The van der Waals surface area contributed by atoms with E-state index in [1.54, 1.807) is 28.9 Å². The minimum Gasteiger partial charge on any atom is -0.394 e. The van der Waals surface area contributed by atoms with Crippen LogP contribution in [-0.2, 0) is 26.5 Å². The summed E-state index contributed by atoms with van der Waals surface area (Å²) in [6.45, 7) is 2.84. The molecule has 42 heavy (non-hydrogen) atoms. The molecule has 3 aliphatic heterocycles. The SMILES string of the molecule is C[C@@H](/C=C/CC(=O)N1CCC[C@H]1CO)[C@]1(O)C(=O)N(Cc2cccc(N3CCCCC3=O)c2)c2ccc([N+](=O)[O-])cc21. The van der Waals surface area contributed by atoms with Crippen LogP contribution in [0.2, 0.25) is 0 Å². The standard InChI is InChI=1S/C31H36N4O7/c1-21(7-4-12-29(38)33-16-6-10-25(33)20-36)31(40)26-18-24(35(41)42)13-14-27(26)34(30(31)39)19-22-8-5-9-23(17-22)32-15-3-2-11-28(32)37/h4-5,7-9,13-14,17-18,21,25,36,40H,2-3,6,10-12,15-16,19-20H2,1H3/b7-4+/t21-,25-,31+/m0/s1. The maximum absolute atomic E-state index is 13.9. The van der Waals surface area contributed by atoms with Gasteiger partial charge in [-0.05, 0) is 49.4 Å². The third-order valence-electron chi connectivity index (χ3n) is 8.63. The molecule has 0 aromatic heterocycles. The van der Waals surface area contributed by atoms with Crippen LogP contribution in [0.3, 0.4) is 0 Å². The molecule has 0 unspecified atom stereocenters. The van der Waals surface area contributed by atoms with E-state index in [0.29, 0.717) is 25.2 Å². The van der Waals surface area contributed by atoms with Gasteiger partial charge in [-0.2, -0.15) is 0 Å². The molecular formula is C31H36N4O7. The zero-order valence-corrected chi connectivity index (χ0v) is 23.6. The number of anilines is 2. The second-order valence-corrected chi connectivity index (χ2v) is 11.3. The van der Waals surface area contributed by atoms with Crippen molar-refractivity contribution in [3.8, 4) is 0 Å². The maximum Gasteiger partial charge on any atom is 0.269 e. The third kappa shape index (κ3) is 5.41. The van der Waals surface area contributed by atoms with E-state index < -0.39 is 22.3 Å². The van der Waals surface area contributed by atoms with Gasteiger partial charge in [-0.25, -0.2) is 0 Å². The number of hydrogen-bond acceptors (Lipinski definition) is 7. The number of aliphatic hydroxyl groups is 2. The summed E-state index contributed by atoms with van der Waals surface area (Å²) >= 11 is 0. The molecule has 0 spiro atoms. The number of fused-ring (bicyclic) bond motifs is 1. The summed E-state index contributed by atoms with van der Waals surface area (Å²) in [6, 6.07) is 11.2. The number of piperidine rings is 1. The first kappa shape index (κ1) is 29.4. The molecule has 3 aliphatic rings. The van der Waals surface area contributed by atoms with Gasteiger partial charge in [0.2, 0.25) is 11.8 Å². The number of likely N-dealkylation sites (tertiary alicyclic amines) is 1. The topological polar surface area (TPSA) is 145 Å². The van der Waals surface area contributed by atoms with Gasteiger partial charge < -0.3 is 24.9 Å². The average molecular weight is 577 g/mol. The second-order valence-electron chi connectivity index (χ2n) is 11.3. The number of nitrogens with zero attached hydrogens (tertiary/aromatic N) is 4. The summed E-state index contributed by atoms with van der Waals surface area (Å²) in [6.07, 6.45) is 7.08. The number of nitro benzene ring substituents is 1. The molecule has 0 saturated carbocycles. The monoisotopic (exact) mass is 576 g/mol. The number of rotatable bonds is 9. The summed E-state index contributed by atoms with van der Waals surface area (Å²) in [7, 11) is 0. The fraction of sp³-hybridized carbons (Fsp3) is 0.452. The molecule has 11 heteroatoms. The molecule has 222 valence electrons. The highest BCUT2D eigenvalue weighted by atomic mass is 16.6. The van der Waals surface area contributed by atoms with E-state index in [-0.39, 0.29) is 48.7 Å². The van der Waals surface area contributed by atoms with Crippen LogP contribution in [0.15, 0.2) is 54.6 Å². The van der Waals surface area contributed by atoms with Crippen molar-refractivity contribution in [2.45, 2.75) is 63.6 Å². The van der Waals surface area contributed by atoms with Crippen LogP contribution in [0.1, 0.15) is 56.6 Å². The number of benzene rings is 2. The Hall–Kier alpha value is -4.09. The normalized spacial score (nSPS) is 23.1. The summed E-state index contributed by atoms with van der Waals surface area (Å²) < 4.78 is 0. The van der Waals surface area contributed by atoms with Crippen LogP contribution in [0.5, 0.6) is 0 Å². The minimum absolute atomic E-state index is 0.0403. The van der Waals surface area contributed by atoms with Crippen molar-refractivity contribution >= 4 is 34.8 Å². The number of hydrogen-bond donors (Lipinski definition) is 2. The van der Waals surface area contributed by atoms with Crippen LogP contribution >= 0.6 is 0 Å². The smallest absolute Gasteiger partial charge is 0.269 e. The molecule has 2 saturated heterocycles. The highest BCUT2D eigenvalue weighted by Gasteiger charge is 2.53. The van der Waals surface area contributed by atoms with Gasteiger partial charge in [0, 0.05) is 55.2 Å². The van der Waals surface area contributed by atoms with Gasteiger partial charge in [0.1, 0.15) is 0 Å². The highest BCUT2D eigenvalue weighted by Crippen LogP contribution is 2.47. The number of amides is 3. The van der Waals surface area contributed by atoms with Gasteiger partial charge >= 0.3 is 0 Å². The lowest BCUT2D eigenvalue weighted by molar-refractivity contribution is -0.385. The molecule has 3 heterocycles. The molecule has 11 nitrogen and oxygen atoms in total. The molecule has 5 rings (SSSR count). The summed E-state index contributed by atoms with van der Waals surface area (Å²) in [5.74, 6) is -1.53. The maximum atomic E-state index is 13.9. The molecule has 2 aromatic rings. The second kappa shape index (κ2) is 12.0. The fourth-order valence-electron chi connectivity index (χ4n) is 6.27. The number of nitro groups is 1. The molecule has 2 fully saturated rings. The molecule has 2 aromatic carbocycles. The van der Waals surface area contributed by atoms with Gasteiger partial charge in [-0.15, -0.1) is 0 Å². The molecule has 0 bridgehead atoms. The van der Waals surface area contributed by atoms with Crippen molar-refractivity contribution in [1.29, 1.82) is 0 Å². The first-order valence-corrected chi connectivity index (χ1v) is 14.4. The van der Waals surface area contributed by atoms with E-state index in [1.807, 2.05) is 24.3 Å². The first-order valence-electron chi connectivity index (χ1n) is 14.4. The van der Waals surface area contributed by atoms with Crippen molar-refractivity contribution in [3.63, 3.8) is 0 Å². The summed E-state index contributed by atoms with van der Waals surface area (Å²) in [5.41, 5.74) is -0.360. The Morgan fingerprint density at radius 2 is 1.98 bits per heavy atom. The quantitative estimate of drug-likeness (QED) is 0.264. The van der Waals surface area contributed by atoms with Gasteiger partial charge in [0.05, 0.1) is 29.8 Å². The van der Waals surface area contributed by atoms with Crippen molar-refractivity contribution < 1.29 is 29.5 Å². The minimum atomic E-state index is -2.09. The molecule has 0 radical (unpaired) electrons. The molecule has 3 amide bonds. The Labute approximate surface area is 244 Å². The Bertz CT molecular complexity index is 1430. The Balaban J connectivity index is 1.41. The van der Waals surface area contributed by atoms with E-state index in [9.17, 15) is 34.7 Å². The van der Waals surface area contributed by atoms with Gasteiger partial charge in [0.25, 0.3) is 11.6 Å². The Morgan fingerprint density at radius 1 is 1.17 bits per heavy atom. The predicted molar refractivity (Wildman–Crippen MR) is 156 cm³/mol. The van der Waals surface area contributed by atoms with Crippen LogP contribution < -0.4 is 9.80 Å². The average Bonchev–Trinajstić information content (AvgIpc) is 3.55. The van der Waals surface area contributed by atoms with Crippen molar-refractivity contribution in [3.05, 3.63) is 75.9 Å². The van der Waals surface area contributed by atoms with E-state index in [1.165, 1.54) is 23.1 Å². The Kier molecular flexibility index (Phi) is 8.42. The largest absolute Gasteiger partial charge is 0.394 e. The fourth-order valence-corrected chi connectivity index (χ4v) is 6.27. The summed E-state index contributed by atoms with van der Waals surface area (Å²) in [5, 5.41) is 33.1. The highest BCUT2D eigenvalue weighted by molar-refractivity contribution is 6.07. The third-order valence-corrected chi connectivity index (χ3v) is 8.63. The van der Waals surface area contributed by atoms with Gasteiger partial charge in [-0.3, -0.25) is 24.5 Å². The van der Waals surface area contributed by atoms with Crippen LogP contribution in [0, 0.1) is 16.0 Å². The van der Waals surface area contributed by atoms with Crippen molar-refractivity contribution in [2.24, 2.45) is 5.92 Å². The lowest BCUT2D eigenvalue weighted by atomic mass is 9.82. The van der Waals surface area contributed by atoms with E-state index >= 15 is 0 Å². The lowest BCUT2D eigenvalue weighted by Crippen LogP contribution is -2.44. The van der Waals surface area contributed by atoms with E-state index in [0.717, 1.165) is 36.9 Å². The summed E-state index contributed by atoms with van der Waals surface area (Å²) in [4.78, 5) is 55.0. The van der Waals surface area contributed by atoms with E-state index in [2.05, 4.69) is 0 Å². The zero-order valence-electron chi connectivity index (χ0n) is 23.6. The molecular weight excluding hydrogens is 540 g/mol. The predicted octanol–water partition coefficient (Wildman–Crippen LogP) is 3.41. The molecule has 3 atom stereocenters. The molecule has 0 aliphatic carbocycles. The number of carbonyl (C=O) groups is 3. The Morgan fingerprint density at radius 3 is 2.71 bits per heavy atom. The zero-order chi connectivity index (χ0) is 30.0. The van der Waals surface area contributed by atoms with Gasteiger partial charge in [-0.1, -0.05) is 31.2 Å². The van der Waals surface area contributed by atoms with Gasteiger partial charge in [0.15, 0.2) is 5.60 Å². The first-order chi connectivity index (χ1) is 20.1. The molecule has 2 N–H and O–H groups in total. The lowest BCUT2D eigenvalue weighted by Gasteiger charge is -2.28. The number of aliphatic hydroxyl groups excluding tert-OH is 1. The van der Waals surface area contributed by atoms with Crippen molar-refractivity contribution in [1.82, 2.24) is 4.90 Å². The van der Waals surface area contributed by atoms with Crippen LogP contribution in [-0.4, -0.2) is 63.5 Å². The van der Waals surface area contributed by atoms with Crippen LogP contribution in [0.25, 0.3) is 0 Å². The number of non-ortho nitro benzene ring substituents is 1. The number of carbonyl (C=O) groups excluding carboxylic acids is 3. The van der Waals surface area contributed by atoms with Crippen molar-refractivity contribution in [2.75, 3.05) is 29.5 Å². The van der Waals surface area contributed by atoms with E-state index in [4.69, 9.17) is 0 Å². The van der Waals surface area contributed by atoms with Crippen LogP contribution in [0.4, 0.5) is 17.1 Å².